The van der Waals surface area contributed by atoms with Crippen molar-refractivity contribution in [3.63, 3.8) is 0 Å². The molecule has 1 aromatic carbocycles. The number of amides is 1. The first-order chi connectivity index (χ1) is 13.3. The number of nitrogens with zero attached hydrogens (tertiary/aromatic N) is 1. The molecule has 1 atom stereocenters. The van der Waals surface area contributed by atoms with Crippen molar-refractivity contribution in [2.75, 3.05) is 26.2 Å². The molecule has 2 heterocycles. The van der Waals surface area contributed by atoms with Crippen LogP contribution in [0.25, 0.3) is 0 Å². The highest BCUT2D eigenvalue weighted by molar-refractivity contribution is 7.10. The lowest BCUT2D eigenvalue weighted by Crippen LogP contribution is -2.38. The van der Waals surface area contributed by atoms with Crippen LogP contribution >= 0.6 is 11.3 Å². The maximum absolute atomic E-state index is 12.6. The fourth-order valence-corrected chi connectivity index (χ4v) is 4.37. The van der Waals surface area contributed by atoms with E-state index in [0.29, 0.717) is 18.7 Å². The van der Waals surface area contributed by atoms with Crippen LogP contribution in [0.2, 0.25) is 0 Å². The van der Waals surface area contributed by atoms with Crippen molar-refractivity contribution in [2.45, 2.75) is 45.1 Å². The van der Waals surface area contributed by atoms with E-state index in [4.69, 9.17) is 4.74 Å². The molecule has 0 bridgehead atoms. The minimum atomic E-state index is -0.0200. The van der Waals surface area contributed by atoms with Gasteiger partial charge in [0.05, 0.1) is 12.6 Å². The van der Waals surface area contributed by atoms with Gasteiger partial charge in [-0.15, -0.1) is 11.3 Å². The van der Waals surface area contributed by atoms with Gasteiger partial charge in [0.2, 0.25) is 0 Å². The standard InChI is InChI=1S/C22H30N2O2S/c1-2-15-26-19-11-9-18(10-12-19)22(25)23-17-20(21-8-7-16-27-21)24-13-5-3-4-6-14-24/h7-12,16,20H,2-6,13-15,17H2,1H3,(H,23,25)/t20-/m0/s1. The number of carbonyl (C=O) groups excluding carboxylic acids is 1. The number of hydrogen-bond donors (Lipinski definition) is 1. The summed E-state index contributed by atoms with van der Waals surface area (Å²) in [5, 5.41) is 5.27. The fourth-order valence-electron chi connectivity index (χ4n) is 3.51. The minimum absolute atomic E-state index is 0.0200. The third kappa shape index (κ3) is 5.81. The van der Waals surface area contributed by atoms with Crippen LogP contribution in [0.1, 0.15) is 60.3 Å². The zero-order valence-electron chi connectivity index (χ0n) is 16.2. The number of benzene rings is 1. The molecule has 0 spiro atoms. The molecule has 0 unspecified atom stereocenters. The lowest BCUT2D eigenvalue weighted by atomic mass is 10.1. The number of carbonyl (C=O) groups is 1. The van der Waals surface area contributed by atoms with E-state index in [0.717, 1.165) is 25.3 Å². The molecule has 5 heteroatoms. The molecule has 1 aromatic heterocycles. The Balaban J connectivity index is 1.61. The summed E-state index contributed by atoms with van der Waals surface area (Å²) in [5.74, 6) is 0.794. The van der Waals surface area contributed by atoms with Crippen LogP contribution in [-0.4, -0.2) is 37.0 Å². The molecular formula is C22H30N2O2S. The van der Waals surface area contributed by atoms with Crippen molar-refractivity contribution in [1.29, 1.82) is 0 Å². The summed E-state index contributed by atoms with van der Waals surface area (Å²) in [5.41, 5.74) is 0.680. The van der Waals surface area contributed by atoms with E-state index in [1.807, 2.05) is 24.3 Å². The van der Waals surface area contributed by atoms with Crippen LogP contribution in [0.3, 0.4) is 0 Å². The molecule has 4 nitrogen and oxygen atoms in total. The Morgan fingerprint density at radius 1 is 1.15 bits per heavy atom. The average Bonchev–Trinajstić information content (AvgIpc) is 3.09. The van der Waals surface area contributed by atoms with E-state index in [1.165, 1.54) is 30.6 Å². The molecule has 1 fully saturated rings. The van der Waals surface area contributed by atoms with Gasteiger partial charge in [-0.25, -0.2) is 0 Å². The lowest BCUT2D eigenvalue weighted by molar-refractivity contribution is 0.0934. The Bertz CT molecular complexity index is 677. The fraction of sp³-hybridized carbons (Fsp3) is 0.500. The van der Waals surface area contributed by atoms with E-state index in [1.54, 1.807) is 11.3 Å². The molecule has 0 saturated carbocycles. The van der Waals surface area contributed by atoms with Gasteiger partial charge < -0.3 is 10.1 Å². The predicted molar refractivity (Wildman–Crippen MR) is 112 cm³/mol. The molecule has 146 valence electrons. The van der Waals surface area contributed by atoms with Gasteiger partial charge in [0.25, 0.3) is 5.91 Å². The summed E-state index contributed by atoms with van der Waals surface area (Å²) in [6, 6.07) is 12.0. The molecule has 0 aliphatic carbocycles. The molecule has 1 aliphatic rings. The molecule has 1 N–H and O–H groups in total. The highest BCUT2D eigenvalue weighted by atomic mass is 32.1. The van der Waals surface area contributed by atoms with E-state index < -0.39 is 0 Å². The first-order valence-electron chi connectivity index (χ1n) is 10.1. The number of thiophene rings is 1. The van der Waals surface area contributed by atoms with Crippen molar-refractivity contribution in [1.82, 2.24) is 10.2 Å². The third-order valence-electron chi connectivity index (χ3n) is 5.00. The largest absolute Gasteiger partial charge is 0.494 e. The van der Waals surface area contributed by atoms with E-state index in [2.05, 4.69) is 34.7 Å². The van der Waals surface area contributed by atoms with E-state index >= 15 is 0 Å². The maximum atomic E-state index is 12.6. The minimum Gasteiger partial charge on any atom is -0.494 e. The molecular weight excluding hydrogens is 356 g/mol. The average molecular weight is 387 g/mol. The molecule has 2 aromatic rings. The second-order valence-corrected chi connectivity index (χ2v) is 8.04. The van der Waals surface area contributed by atoms with Crippen molar-refractivity contribution < 1.29 is 9.53 Å². The second kappa shape index (κ2) is 10.5. The van der Waals surface area contributed by atoms with Crippen molar-refractivity contribution in [2.24, 2.45) is 0 Å². The summed E-state index contributed by atoms with van der Waals surface area (Å²) in [7, 11) is 0. The van der Waals surface area contributed by atoms with Crippen molar-refractivity contribution in [3.05, 3.63) is 52.2 Å². The molecule has 3 rings (SSSR count). The van der Waals surface area contributed by atoms with Crippen LogP contribution in [0.15, 0.2) is 41.8 Å². The number of rotatable bonds is 8. The zero-order chi connectivity index (χ0) is 18.9. The van der Waals surface area contributed by atoms with E-state index in [9.17, 15) is 4.79 Å². The lowest BCUT2D eigenvalue weighted by Gasteiger charge is -2.30. The number of likely N-dealkylation sites (tertiary alicyclic amines) is 1. The summed E-state index contributed by atoms with van der Waals surface area (Å²) < 4.78 is 5.59. The van der Waals surface area contributed by atoms with Gasteiger partial charge in [-0.1, -0.05) is 25.8 Å². The SMILES string of the molecule is CCCOc1ccc(C(=O)NC[C@@H](c2cccs2)N2CCCCCC2)cc1. The van der Waals surface area contributed by atoms with Crippen LogP contribution in [0, 0.1) is 0 Å². The Hall–Kier alpha value is -1.85. The molecule has 1 saturated heterocycles. The monoisotopic (exact) mass is 386 g/mol. The van der Waals surface area contributed by atoms with Gasteiger partial charge in [0.15, 0.2) is 0 Å². The Morgan fingerprint density at radius 2 is 1.89 bits per heavy atom. The zero-order valence-corrected chi connectivity index (χ0v) is 17.0. The van der Waals surface area contributed by atoms with Crippen LogP contribution < -0.4 is 10.1 Å². The number of hydrogen-bond acceptors (Lipinski definition) is 4. The summed E-state index contributed by atoms with van der Waals surface area (Å²) in [6.45, 7) is 5.65. The highest BCUT2D eigenvalue weighted by Crippen LogP contribution is 2.27. The number of ether oxygens (including phenoxy) is 1. The maximum Gasteiger partial charge on any atom is 0.251 e. The summed E-state index contributed by atoms with van der Waals surface area (Å²) in [4.78, 5) is 16.5. The smallest absolute Gasteiger partial charge is 0.251 e. The van der Waals surface area contributed by atoms with Gasteiger partial charge >= 0.3 is 0 Å². The molecule has 0 radical (unpaired) electrons. The second-order valence-electron chi connectivity index (χ2n) is 7.06. The first kappa shape index (κ1) is 19.9. The van der Waals surface area contributed by atoms with Crippen LogP contribution in [0.5, 0.6) is 5.75 Å². The topological polar surface area (TPSA) is 41.6 Å². The van der Waals surface area contributed by atoms with Gasteiger partial charge in [-0.2, -0.15) is 0 Å². The summed E-state index contributed by atoms with van der Waals surface area (Å²) in [6.07, 6.45) is 6.09. The normalized spacial score (nSPS) is 16.5. The van der Waals surface area contributed by atoms with Gasteiger partial charge in [-0.05, 0) is 68.1 Å². The van der Waals surface area contributed by atoms with Crippen LogP contribution in [-0.2, 0) is 0 Å². The highest BCUT2D eigenvalue weighted by Gasteiger charge is 2.23. The molecule has 1 amide bonds. The third-order valence-corrected chi connectivity index (χ3v) is 5.97. The Labute approximate surface area is 166 Å². The Kier molecular flexibility index (Phi) is 7.72. The van der Waals surface area contributed by atoms with Gasteiger partial charge in [0.1, 0.15) is 5.75 Å². The Morgan fingerprint density at radius 3 is 2.52 bits per heavy atom. The molecule has 27 heavy (non-hydrogen) atoms. The van der Waals surface area contributed by atoms with E-state index in [-0.39, 0.29) is 11.9 Å². The first-order valence-corrected chi connectivity index (χ1v) is 10.9. The summed E-state index contributed by atoms with van der Waals surface area (Å²) >= 11 is 1.78. The van der Waals surface area contributed by atoms with Crippen molar-refractivity contribution >= 4 is 17.2 Å². The predicted octanol–water partition coefficient (Wildman–Crippen LogP) is 4.88. The number of nitrogens with one attached hydrogen (secondary N) is 1. The van der Waals surface area contributed by atoms with Crippen molar-refractivity contribution in [3.8, 4) is 5.75 Å². The van der Waals surface area contributed by atoms with Crippen LogP contribution in [0.4, 0.5) is 0 Å². The molecule has 1 aliphatic heterocycles. The van der Waals surface area contributed by atoms with Gasteiger partial charge in [-0.3, -0.25) is 9.69 Å². The van der Waals surface area contributed by atoms with Gasteiger partial charge in [0, 0.05) is 17.0 Å². The quantitative estimate of drug-likeness (QED) is 0.703.